The predicted octanol–water partition coefficient (Wildman–Crippen LogP) is 2.86. The van der Waals surface area contributed by atoms with Crippen LogP contribution in [0.4, 0.5) is 0 Å². The summed E-state index contributed by atoms with van der Waals surface area (Å²) in [5.74, 6) is 0.0327. The lowest BCUT2D eigenvalue weighted by atomic mass is 10.0. The number of hydrogen-bond donors (Lipinski definition) is 0. The Kier molecular flexibility index (Phi) is 3.49. The maximum atomic E-state index is 12.0. The van der Waals surface area contributed by atoms with E-state index in [1.54, 1.807) is 18.2 Å². The van der Waals surface area contributed by atoms with Crippen LogP contribution in [0.1, 0.15) is 21.6 Å². The van der Waals surface area contributed by atoms with Crippen molar-refractivity contribution in [1.82, 2.24) is 10.2 Å². The minimum absolute atomic E-state index is 0.0327. The number of nitrogens with zero attached hydrogens (tertiary/aromatic N) is 2. The first-order chi connectivity index (χ1) is 8.15. The molecule has 0 saturated heterocycles. The van der Waals surface area contributed by atoms with Gasteiger partial charge in [-0.15, -0.1) is 5.10 Å². The molecule has 0 N–H and O–H groups in total. The van der Waals surface area contributed by atoms with Gasteiger partial charge in [0.05, 0.1) is 12.1 Å². The van der Waals surface area contributed by atoms with Crippen molar-refractivity contribution in [2.45, 2.75) is 13.3 Å². The Morgan fingerprint density at radius 1 is 1.24 bits per heavy atom. The topological polar surface area (TPSA) is 42.9 Å². The van der Waals surface area contributed by atoms with Crippen molar-refractivity contribution in [3.8, 4) is 0 Å². The number of aromatic nitrogens is 2. The van der Waals surface area contributed by atoms with E-state index in [-0.39, 0.29) is 12.2 Å². The number of halogens is 1. The van der Waals surface area contributed by atoms with Gasteiger partial charge in [0.25, 0.3) is 0 Å². The molecule has 86 valence electrons. The normalized spacial score (nSPS) is 10.2. The number of hydrogen-bond acceptors (Lipinski definition) is 3. The number of carbonyl (C=O) groups is 1. The van der Waals surface area contributed by atoms with Gasteiger partial charge in [0.2, 0.25) is 0 Å². The van der Waals surface area contributed by atoms with E-state index in [0.717, 1.165) is 5.56 Å². The van der Waals surface area contributed by atoms with E-state index in [2.05, 4.69) is 10.2 Å². The molecular formula is C13H11ClN2O. The molecule has 0 radical (unpaired) electrons. The highest BCUT2D eigenvalue weighted by Gasteiger charge is 2.08. The second-order valence-corrected chi connectivity index (χ2v) is 4.20. The molecule has 0 bridgehead atoms. The molecule has 0 unspecified atom stereocenters. The van der Waals surface area contributed by atoms with Gasteiger partial charge in [-0.1, -0.05) is 35.4 Å². The summed E-state index contributed by atoms with van der Waals surface area (Å²) >= 11 is 5.63. The van der Waals surface area contributed by atoms with E-state index in [1.165, 1.54) is 0 Å². The van der Waals surface area contributed by atoms with Crippen LogP contribution < -0.4 is 0 Å². The first-order valence-electron chi connectivity index (χ1n) is 5.23. The molecule has 17 heavy (non-hydrogen) atoms. The zero-order valence-electron chi connectivity index (χ0n) is 9.35. The summed E-state index contributed by atoms with van der Waals surface area (Å²) in [6, 6.07) is 10.8. The third kappa shape index (κ3) is 3.11. The van der Waals surface area contributed by atoms with Gasteiger partial charge in [-0.3, -0.25) is 4.79 Å². The van der Waals surface area contributed by atoms with Gasteiger partial charge in [-0.2, -0.15) is 5.10 Å². The molecule has 2 aromatic rings. The van der Waals surface area contributed by atoms with Crippen molar-refractivity contribution >= 4 is 17.4 Å². The fourth-order valence-electron chi connectivity index (χ4n) is 1.52. The van der Waals surface area contributed by atoms with Gasteiger partial charge in [0, 0.05) is 5.56 Å². The molecule has 1 aromatic heterocycles. The molecule has 0 aliphatic carbocycles. The molecule has 4 heteroatoms. The van der Waals surface area contributed by atoms with E-state index in [9.17, 15) is 4.79 Å². The highest BCUT2D eigenvalue weighted by Crippen LogP contribution is 2.09. The summed E-state index contributed by atoms with van der Waals surface area (Å²) in [4.78, 5) is 12.0. The zero-order valence-corrected chi connectivity index (χ0v) is 10.1. The van der Waals surface area contributed by atoms with Crippen LogP contribution in [0.15, 0.2) is 36.4 Å². The molecule has 0 spiro atoms. The van der Waals surface area contributed by atoms with Crippen molar-refractivity contribution in [2.24, 2.45) is 0 Å². The SMILES string of the molecule is Cc1cccc(C(=O)Cc2ccc(Cl)nn2)c1. The molecule has 1 aromatic carbocycles. The summed E-state index contributed by atoms with van der Waals surface area (Å²) in [7, 11) is 0. The lowest BCUT2D eigenvalue weighted by Gasteiger charge is -2.01. The summed E-state index contributed by atoms with van der Waals surface area (Å²) in [5, 5.41) is 7.90. The first kappa shape index (κ1) is 11.7. The second-order valence-electron chi connectivity index (χ2n) is 3.82. The minimum Gasteiger partial charge on any atom is -0.294 e. The standard InChI is InChI=1S/C13H11ClN2O/c1-9-3-2-4-10(7-9)12(17)8-11-5-6-13(14)16-15-11/h2-7H,8H2,1H3. The third-order valence-corrected chi connectivity index (χ3v) is 2.57. The van der Waals surface area contributed by atoms with Crippen molar-refractivity contribution in [1.29, 1.82) is 0 Å². The molecule has 0 amide bonds. The van der Waals surface area contributed by atoms with Crippen LogP contribution >= 0.6 is 11.6 Å². The lowest BCUT2D eigenvalue weighted by Crippen LogP contribution is -2.05. The van der Waals surface area contributed by atoms with Crippen LogP contribution in [-0.4, -0.2) is 16.0 Å². The summed E-state index contributed by atoms with van der Waals surface area (Å²) in [6.45, 7) is 1.96. The van der Waals surface area contributed by atoms with Crippen molar-refractivity contribution in [3.05, 3.63) is 58.4 Å². The van der Waals surface area contributed by atoms with Gasteiger partial charge >= 0.3 is 0 Å². The molecule has 2 rings (SSSR count). The van der Waals surface area contributed by atoms with Crippen molar-refractivity contribution < 1.29 is 4.79 Å². The molecular weight excluding hydrogens is 236 g/mol. The minimum atomic E-state index is 0.0327. The average molecular weight is 247 g/mol. The van der Waals surface area contributed by atoms with E-state index < -0.39 is 0 Å². The molecule has 0 aliphatic heterocycles. The Morgan fingerprint density at radius 3 is 2.71 bits per heavy atom. The van der Waals surface area contributed by atoms with Gasteiger partial charge in [-0.05, 0) is 25.1 Å². The van der Waals surface area contributed by atoms with Gasteiger partial charge in [0.1, 0.15) is 0 Å². The molecule has 0 saturated carbocycles. The number of rotatable bonds is 3. The van der Waals surface area contributed by atoms with Crippen LogP contribution in [0.5, 0.6) is 0 Å². The summed E-state index contributed by atoms with van der Waals surface area (Å²) in [5.41, 5.74) is 2.39. The van der Waals surface area contributed by atoms with Gasteiger partial charge in [-0.25, -0.2) is 0 Å². The molecule has 0 fully saturated rings. The molecule has 0 aliphatic rings. The fourth-order valence-corrected chi connectivity index (χ4v) is 1.62. The van der Waals surface area contributed by atoms with Gasteiger partial charge < -0.3 is 0 Å². The van der Waals surface area contributed by atoms with Gasteiger partial charge in [0.15, 0.2) is 10.9 Å². The highest BCUT2D eigenvalue weighted by atomic mass is 35.5. The average Bonchev–Trinajstić information content (AvgIpc) is 2.32. The maximum Gasteiger partial charge on any atom is 0.168 e. The second kappa shape index (κ2) is 5.06. The maximum absolute atomic E-state index is 12.0. The zero-order chi connectivity index (χ0) is 12.3. The summed E-state index contributed by atoms with van der Waals surface area (Å²) in [6.07, 6.45) is 0.244. The Morgan fingerprint density at radius 2 is 2.06 bits per heavy atom. The Bertz CT molecular complexity index is 537. The fraction of sp³-hybridized carbons (Fsp3) is 0.154. The van der Waals surface area contributed by atoms with E-state index in [4.69, 9.17) is 11.6 Å². The lowest BCUT2D eigenvalue weighted by molar-refractivity contribution is 0.0991. The Labute approximate surface area is 104 Å². The highest BCUT2D eigenvalue weighted by molar-refractivity contribution is 6.29. The van der Waals surface area contributed by atoms with E-state index >= 15 is 0 Å². The van der Waals surface area contributed by atoms with Crippen molar-refractivity contribution in [2.75, 3.05) is 0 Å². The number of benzene rings is 1. The quantitative estimate of drug-likeness (QED) is 0.782. The Hall–Kier alpha value is -1.74. The van der Waals surface area contributed by atoms with E-state index in [0.29, 0.717) is 16.4 Å². The van der Waals surface area contributed by atoms with Crippen molar-refractivity contribution in [3.63, 3.8) is 0 Å². The Balaban J connectivity index is 2.14. The van der Waals surface area contributed by atoms with Crippen LogP contribution in [0.2, 0.25) is 5.15 Å². The molecule has 0 atom stereocenters. The number of ketones is 1. The number of aryl methyl sites for hydroxylation is 1. The van der Waals surface area contributed by atoms with Crippen LogP contribution in [0, 0.1) is 6.92 Å². The van der Waals surface area contributed by atoms with Crippen LogP contribution in [0.25, 0.3) is 0 Å². The first-order valence-corrected chi connectivity index (χ1v) is 5.61. The summed E-state index contributed by atoms with van der Waals surface area (Å²) < 4.78 is 0. The monoisotopic (exact) mass is 246 g/mol. The smallest absolute Gasteiger partial charge is 0.168 e. The van der Waals surface area contributed by atoms with E-state index in [1.807, 2.05) is 25.1 Å². The van der Waals surface area contributed by atoms with Crippen LogP contribution in [0.3, 0.4) is 0 Å². The molecule has 3 nitrogen and oxygen atoms in total. The largest absolute Gasteiger partial charge is 0.294 e. The molecule has 1 heterocycles. The van der Waals surface area contributed by atoms with Crippen LogP contribution in [-0.2, 0) is 6.42 Å². The predicted molar refractivity (Wildman–Crippen MR) is 66.3 cm³/mol. The number of Topliss-reactive ketones (excluding diaryl/α,β-unsaturated/α-hetero) is 1. The number of carbonyl (C=O) groups excluding carboxylic acids is 1. The third-order valence-electron chi connectivity index (χ3n) is 2.37.